The maximum atomic E-state index is 11.9. The molecule has 1 rings (SSSR count). The first-order valence-electron chi connectivity index (χ1n) is 6.88. The van der Waals surface area contributed by atoms with Crippen molar-refractivity contribution in [2.24, 2.45) is 5.92 Å². The average molecular weight is 256 g/mol. The third kappa shape index (κ3) is 4.55. The molecule has 0 saturated carbocycles. The number of ether oxygens (including phenoxy) is 1. The lowest BCUT2D eigenvalue weighted by Crippen LogP contribution is -2.47. The second-order valence-corrected chi connectivity index (χ2v) is 4.62. The zero-order valence-electron chi connectivity index (χ0n) is 11.4. The molecule has 0 aliphatic carbocycles. The smallest absolute Gasteiger partial charge is 0.317 e. The van der Waals surface area contributed by atoms with Gasteiger partial charge in [-0.25, -0.2) is 4.79 Å². The van der Waals surface area contributed by atoms with Crippen LogP contribution < -0.4 is 5.32 Å². The Balaban J connectivity index is 2.38. The Morgan fingerprint density at radius 1 is 1.39 bits per heavy atom. The van der Waals surface area contributed by atoms with Crippen LogP contribution >= 0.6 is 0 Å². The molecule has 18 heavy (non-hydrogen) atoms. The lowest BCUT2D eigenvalue weighted by atomic mass is 9.98. The lowest BCUT2D eigenvalue weighted by molar-refractivity contribution is -0.149. The van der Waals surface area contributed by atoms with Crippen LogP contribution in [-0.4, -0.2) is 43.1 Å². The van der Waals surface area contributed by atoms with Crippen molar-refractivity contribution >= 4 is 12.0 Å². The van der Waals surface area contributed by atoms with Crippen molar-refractivity contribution in [3.63, 3.8) is 0 Å². The van der Waals surface area contributed by atoms with Crippen LogP contribution in [0.4, 0.5) is 4.79 Å². The molecule has 0 aromatic heterocycles. The minimum absolute atomic E-state index is 0.0579. The van der Waals surface area contributed by atoms with Gasteiger partial charge in [-0.2, -0.15) is 0 Å². The van der Waals surface area contributed by atoms with Crippen molar-refractivity contribution in [2.75, 3.05) is 26.2 Å². The third-order valence-corrected chi connectivity index (χ3v) is 3.14. The topological polar surface area (TPSA) is 58.6 Å². The molecule has 5 heteroatoms. The van der Waals surface area contributed by atoms with E-state index in [1.165, 1.54) is 0 Å². The number of amides is 2. The number of hydrogen-bond acceptors (Lipinski definition) is 3. The van der Waals surface area contributed by atoms with Gasteiger partial charge in [0.25, 0.3) is 0 Å². The van der Waals surface area contributed by atoms with E-state index in [2.05, 4.69) is 12.2 Å². The summed E-state index contributed by atoms with van der Waals surface area (Å²) in [5, 5.41) is 2.88. The van der Waals surface area contributed by atoms with Gasteiger partial charge in [0.1, 0.15) is 0 Å². The summed E-state index contributed by atoms with van der Waals surface area (Å²) in [6.45, 7) is 6.21. The van der Waals surface area contributed by atoms with Gasteiger partial charge in [0.15, 0.2) is 0 Å². The fourth-order valence-electron chi connectivity index (χ4n) is 2.10. The first kappa shape index (κ1) is 14.8. The molecule has 1 aliphatic rings. The number of carbonyl (C=O) groups is 2. The van der Waals surface area contributed by atoms with Crippen molar-refractivity contribution in [1.82, 2.24) is 10.2 Å². The van der Waals surface area contributed by atoms with Gasteiger partial charge in [0.2, 0.25) is 0 Å². The predicted octanol–water partition coefficient (Wildman–Crippen LogP) is 1.77. The standard InChI is InChI=1S/C13H24N2O3/c1-3-5-8-14-13(17)15-9-6-7-11(10-15)12(16)18-4-2/h11H,3-10H2,1-2H3,(H,14,17). The second-order valence-electron chi connectivity index (χ2n) is 4.62. The normalized spacial score (nSPS) is 19.4. The molecule has 2 amide bonds. The van der Waals surface area contributed by atoms with Gasteiger partial charge < -0.3 is 15.0 Å². The maximum absolute atomic E-state index is 11.9. The van der Waals surface area contributed by atoms with Crippen molar-refractivity contribution in [3.05, 3.63) is 0 Å². The van der Waals surface area contributed by atoms with E-state index in [0.29, 0.717) is 19.7 Å². The predicted molar refractivity (Wildman–Crippen MR) is 69.2 cm³/mol. The highest BCUT2D eigenvalue weighted by molar-refractivity contribution is 5.77. The molecule has 104 valence electrons. The number of piperidine rings is 1. The van der Waals surface area contributed by atoms with Gasteiger partial charge in [-0.1, -0.05) is 13.3 Å². The van der Waals surface area contributed by atoms with Gasteiger partial charge in [0.05, 0.1) is 12.5 Å². The van der Waals surface area contributed by atoms with Crippen molar-refractivity contribution in [1.29, 1.82) is 0 Å². The first-order valence-corrected chi connectivity index (χ1v) is 6.88. The zero-order chi connectivity index (χ0) is 13.4. The van der Waals surface area contributed by atoms with Crippen molar-refractivity contribution < 1.29 is 14.3 Å². The SMILES string of the molecule is CCCCNC(=O)N1CCCC(C(=O)OCC)C1. The number of nitrogens with zero attached hydrogens (tertiary/aromatic N) is 1. The number of unbranched alkanes of at least 4 members (excludes halogenated alkanes) is 1. The van der Waals surface area contributed by atoms with Crippen LogP contribution in [0.15, 0.2) is 0 Å². The molecular weight excluding hydrogens is 232 g/mol. The summed E-state index contributed by atoms with van der Waals surface area (Å²) in [4.78, 5) is 25.2. The van der Waals surface area contributed by atoms with Crippen LogP contribution in [0, 0.1) is 5.92 Å². The number of esters is 1. The highest BCUT2D eigenvalue weighted by Gasteiger charge is 2.29. The van der Waals surface area contributed by atoms with E-state index in [9.17, 15) is 9.59 Å². The van der Waals surface area contributed by atoms with Gasteiger partial charge >= 0.3 is 12.0 Å². The molecule has 0 bridgehead atoms. The molecule has 1 unspecified atom stereocenters. The fourth-order valence-corrected chi connectivity index (χ4v) is 2.10. The van der Waals surface area contributed by atoms with Crippen LogP contribution in [0.25, 0.3) is 0 Å². The number of urea groups is 1. The molecule has 0 spiro atoms. The summed E-state index contributed by atoms with van der Waals surface area (Å²) < 4.78 is 5.01. The lowest BCUT2D eigenvalue weighted by Gasteiger charge is -2.31. The molecule has 1 atom stereocenters. The third-order valence-electron chi connectivity index (χ3n) is 3.14. The van der Waals surface area contributed by atoms with Crippen molar-refractivity contribution in [2.45, 2.75) is 39.5 Å². The van der Waals surface area contributed by atoms with E-state index in [1.807, 2.05) is 0 Å². The Kier molecular flexibility index (Phi) is 6.54. The fraction of sp³-hybridized carbons (Fsp3) is 0.846. The van der Waals surface area contributed by atoms with E-state index in [4.69, 9.17) is 4.74 Å². The summed E-state index contributed by atoms with van der Waals surface area (Å²) in [7, 11) is 0. The number of rotatable bonds is 5. The summed E-state index contributed by atoms with van der Waals surface area (Å²) in [6, 6.07) is -0.0579. The summed E-state index contributed by atoms with van der Waals surface area (Å²) in [5.74, 6) is -0.334. The summed E-state index contributed by atoms with van der Waals surface area (Å²) >= 11 is 0. The number of hydrogen-bond donors (Lipinski definition) is 1. The molecule has 1 aliphatic heterocycles. The van der Waals surface area contributed by atoms with Gasteiger partial charge in [-0.15, -0.1) is 0 Å². The monoisotopic (exact) mass is 256 g/mol. The highest BCUT2D eigenvalue weighted by atomic mass is 16.5. The molecular formula is C13H24N2O3. The Morgan fingerprint density at radius 3 is 2.83 bits per heavy atom. The molecule has 0 aromatic rings. The molecule has 1 heterocycles. The minimum Gasteiger partial charge on any atom is -0.466 e. The second kappa shape index (κ2) is 7.95. The van der Waals surface area contributed by atoms with E-state index in [0.717, 1.165) is 32.2 Å². The number of likely N-dealkylation sites (tertiary alicyclic amines) is 1. The molecule has 1 fully saturated rings. The molecule has 1 N–H and O–H groups in total. The molecule has 5 nitrogen and oxygen atoms in total. The Hall–Kier alpha value is -1.26. The van der Waals surface area contributed by atoms with Crippen LogP contribution in [-0.2, 0) is 9.53 Å². The van der Waals surface area contributed by atoms with Gasteiger partial charge in [-0.05, 0) is 26.2 Å². The Labute approximate surface area is 109 Å². The van der Waals surface area contributed by atoms with Gasteiger partial charge in [0, 0.05) is 19.6 Å². The van der Waals surface area contributed by atoms with Gasteiger partial charge in [-0.3, -0.25) is 4.79 Å². The molecule has 1 saturated heterocycles. The Bertz CT molecular complexity index is 281. The van der Waals surface area contributed by atoms with E-state index < -0.39 is 0 Å². The molecule has 0 aromatic carbocycles. The zero-order valence-corrected chi connectivity index (χ0v) is 11.4. The van der Waals surface area contributed by atoms with E-state index >= 15 is 0 Å². The number of carbonyl (C=O) groups excluding carboxylic acids is 2. The van der Waals surface area contributed by atoms with Crippen LogP contribution in [0.2, 0.25) is 0 Å². The van der Waals surface area contributed by atoms with E-state index in [-0.39, 0.29) is 17.9 Å². The number of nitrogens with one attached hydrogen (secondary N) is 1. The minimum atomic E-state index is -0.177. The van der Waals surface area contributed by atoms with Crippen LogP contribution in [0.3, 0.4) is 0 Å². The Morgan fingerprint density at radius 2 is 2.17 bits per heavy atom. The first-order chi connectivity index (χ1) is 8.69. The highest BCUT2D eigenvalue weighted by Crippen LogP contribution is 2.17. The van der Waals surface area contributed by atoms with Crippen LogP contribution in [0.1, 0.15) is 39.5 Å². The maximum Gasteiger partial charge on any atom is 0.317 e. The average Bonchev–Trinajstić information content (AvgIpc) is 2.39. The van der Waals surface area contributed by atoms with Crippen molar-refractivity contribution in [3.8, 4) is 0 Å². The quantitative estimate of drug-likeness (QED) is 0.602. The summed E-state index contributed by atoms with van der Waals surface area (Å²) in [5.41, 5.74) is 0. The molecule has 0 radical (unpaired) electrons. The summed E-state index contributed by atoms with van der Waals surface area (Å²) in [6.07, 6.45) is 3.73. The van der Waals surface area contributed by atoms with Crippen LogP contribution in [0.5, 0.6) is 0 Å². The largest absolute Gasteiger partial charge is 0.466 e. The van der Waals surface area contributed by atoms with E-state index in [1.54, 1.807) is 11.8 Å².